The summed E-state index contributed by atoms with van der Waals surface area (Å²) in [6, 6.07) is 0. The summed E-state index contributed by atoms with van der Waals surface area (Å²) in [5.41, 5.74) is -0.380. The molecule has 104 valence electrons. The van der Waals surface area contributed by atoms with Gasteiger partial charge in [0, 0.05) is 26.2 Å². The van der Waals surface area contributed by atoms with Crippen LogP contribution in [0.2, 0.25) is 0 Å². The summed E-state index contributed by atoms with van der Waals surface area (Å²) in [4.78, 5) is 14.8. The van der Waals surface area contributed by atoms with E-state index >= 15 is 0 Å². The Bertz CT molecular complexity index is 302. The molecule has 4 nitrogen and oxygen atoms in total. The van der Waals surface area contributed by atoms with E-state index in [2.05, 4.69) is 24.1 Å². The highest BCUT2D eigenvalue weighted by Crippen LogP contribution is 2.42. The average Bonchev–Trinajstić information content (AvgIpc) is 2.41. The Kier molecular flexibility index (Phi) is 4.28. The third-order valence-corrected chi connectivity index (χ3v) is 4.79. The summed E-state index contributed by atoms with van der Waals surface area (Å²) >= 11 is 0. The molecule has 0 radical (unpaired) electrons. The number of esters is 1. The van der Waals surface area contributed by atoms with Gasteiger partial charge in [-0.05, 0) is 24.7 Å². The second kappa shape index (κ2) is 5.57. The van der Waals surface area contributed by atoms with Crippen LogP contribution in [0, 0.1) is 11.8 Å². The number of nitrogens with zero attached hydrogens (tertiary/aromatic N) is 1. The Balaban J connectivity index is 2.28. The second-order valence-corrected chi connectivity index (χ2v) is 5.94. The van der Waals surface area contributed by atoms with Gasteiger partial charge in [-0.25, -0.2) is 0 Å². The van der Waals surface area contributed by atoms with Crippen LogP contribution in [0.15, 0.2) is 0 Å². The van der Waals surface area contributed by atoms with Gasteiger partial charge in [-0.3, -0.25) is 9.69 Å². The molecule has 0 bridgehead atoms. The summed E-state index contributed by atoms with van der Waals surface area (Å²) < 4.78 is 5.16. The quantitative estimate of drug-likeness (QED) is 0.753. The first kappa shape index (κ1) is 13.8. The van der Waals surface area contributed by atoms with Gasteiger partial charge < -0.3 is 10.1 Å². The molecule has 3 unspecified atom stereocenters. The molecule has 1 N–H and O–H groups in total. The molecule has 0 amide bonds. The van der Waals surface area contributed by atoms with Crippen LogP contribution in [0.1, 0.15) is 33.1 Å². The van der Waals surface area contributed by atoms with Crippen molar-refractivity contribution in [3.63, 3.8) is 0 Å². The summed E-state index contributed by atoms with van der Waals surface area (Å²) in [5.74, 6) is 0.970. The minimum atomic E-state index is -0.380. The van der Waals surface area contributed by atoms with Gasteiger partial charge in [0.15, 0.2) is 0 Å². The van der Waals surface area contributed by atoms with Gasteiger partial charge in [0.05, 0.1) is 7.11 Å². The first-order valence-corrected chi connectivity index (χ1v) is 7.15. The molecule has 4 heteroatoms. The van der Waals surface area contributed by atoms with Crippen LogP contribution in [-0.4, -0.2) is 49.7 Å². The Hall–Kier alpha value is -0.610. The van der Waals surface area contributed by atoms with Crippen molar-refractivity contribution in [1.82, 2.24) is 10.2 Å². The number of methoxy groups -OCH3 is 1. The summed E-state index contributed by atoms with van der Waals surface area (Å²) in [6.07, 6.45) is 3.30. The van der Waals surface area contributed by atoms with Gasteiger partial charge in [0.2, 0.25) is 0 Å². The maximum Gasteiger partial charge on any atom is 0.326 e. The molecule has 0 spiro atoms. The minimum absolute atomic E-state index is 0.0246. The van der Waals surface area contributed by atoms with Crippen molar-refractivity contribution in [2.75, 3.05) is 33.3 Å². The van der Waals surface area contributed by atoms with E-state index in [1.165, 1.54) is 13.5 Å². The SMILES string of the molecule is COC(=O)C1(N2CCNCC2)CC(C)CCC1C. The van der Waals surface area contributed by atoms with Gasteiger partial charge in [-0.2, -0.15) is 0 Å². The van der Waals surface area contributed by atoms with E-state index in [0.717, 1.165) is 39.0 Å². The van der Waals surface area contributed by atoms with E-state index in [4.69, 9.17) is 4.74 Å². The molecule has 18 heavy (non-hydrogen) atoms. The molecule has 1 saturated heterocycles. The molecule has 0 aromatic carbocycles. The van der Waals surface area contributed by atoms with Crippen LogP contribution in [0.25, 0.3) is 0 Å². The average molecular weight is 254 g/mol. The number of carbonyl (C=O) groups excluding carboxylic acids is 1. The van der Waals surface area contributed by atoms with Crippen molar-refractivity contribution in [2.45, 2.75) is 38.6 Å². The predicted molar refractivity (Wildman–Crippen MR) is 71.4 cm³/mol. The van der Waals surface area contributed by atoms with Gasteiger partial charge >= 0.3 is 5.97 Å². The molecular formula is C14H26N2O2. The van der Waals surface area contributed by atoms with E-state index in [1.54, 1.807) is 0 Å². The molecule has 1 aliphatic heterocycles. The fraction of sp³-hybridized carbons (Fsp3) is 0.929. The lowest BCUT2D eigenvalue weighted by atomic mass is 9.68. The fourth-order valence-corrected chi connectivity index (χ4v) is 3.70. The zero-order valence-corrected chi connectivity index (χ0v) is 11.9. The summed E-state index contributed by atoms with van der Waals surface area (Å²) in [5, 5.41) is 3.36. The lowest BCUT2D eigenvalue weighted by molar-refractivity contribution is -0.165. The molecular weight excluding hydrogens is 228 g/mol. The lowest BCUT2D eigenvalue weighted by Gasteiger charge is -2.51. The fourth-order valence-electron chi connectivity index (χ4n) is 3.70. The molecule has 3 atom stereocenters. The van der Waals surface area contributed by atoms with Gasteiger partial charge in [-0.1, -0.05) is 20.3 Å². The van der Waals surface area contributed by atoms with E-state index in [1.807, 2.05) is 0 Å². The van der Waals surface area contributed by atoms with Crippen LogP contribution in [0.4, 0.5) is 0 Å². The molecule has 0 aromatic heterocycles. The normalized spacial score (nSPS) is 38.4. The van der Waals surface area contributed by atoms with Crippen LogP contribution < -0.4 is 5.32 Å². The van der Waals surface area contributed by atoms with Crippen molar-refractivity contribution in [3.05, 3.63) is 0 Å². The number of ether oxygens (including phenoxy) is 1. The monoisotopic (exact) mass is 254 g/mol. The smallest absolute Gasteiger partial charge is 0.326 e. The standard InChI is InChI=1S/C14H26N2O2/c1-11-4-5-12(2)14(10-11,13(17)18-3)16-8-6-15-7-9-16/h11-12,15H,4-10H2,1-3H3. The van der Waals surface area contributed by atoms with Gasteiger partial charge in [-0.15, -0.1) is 0 Å². The van der Waals surface area contributed by atoms with E-state index in [9.17, 15) is 4.79 Å². The van der Waals surface area contributed by atoms with Crippen LogP contribution >= 0.6 is 0 Å². The van der Waals surface area contributed by atoms with E-state index in [-0.39, 0.29) is 11.5 Å². The largest absolute Gasteiger partial charge is 0.468 e. The molecule has 1 heterocycles. The Morgan fingerprint density at radius 3 is 2.56 bits per heavy atom. The third-order valence-electron chi connectivity index (χ3n) is 4.79. The first-order chi connectivity index (χ1) is 8.61. The molecule has 2 aliphatic rings. The van der Waals surface area contributed by atoms with Gasteiger partial charge in [0.1, 0.15) is 5.54 Å². The summed E-state index contributed by atoms with van der Waals surface area (Å²) in [7, 11) is 1.53. The number of hydrogen-bond donors (Lipinski definition) is 1. The maximum absolute atomic E-state index is 12.5. The first-order valence-electron chi connectivity index (χ1n) is 7.15. The van der Waals surface area contributed by atoms with Crippen molar-refractivity contribution in [1.29, 1.82) is 0 Å². The van der Waals surface area contributed by atoms with Crippen LogP contribution in [0.3, 0.4) is 0 Å². The number of carbonyl (C=O) groups is 1. The molecule has 2 fully saturated rings. The second-order valence-electron chi connectivity index (χ2n) is 5.94. The molecule has 2 rings (SSSR count). The topological polar surface area (TPSA) is 41.6 Å². The van der Waals surface area contributed by atoms with Gasteiger partial charge in [0.25, 0.3) is 0 Å². The van der Waals surface area contributed by atoms with Crippen molar-refractivity contribution >= 4 is 5.97 Å². The van der Waals surface area contributed by atoms with Crippen molar-refractivity contribution in [3.8, 4) is 0 Å². The Morgan fingerprint density at radius 2 is 1.94 bits per heavy atom. The zero-order valence-electron chi connectivity index (χ0n) is 11.9. The zero-order chi connectivity index (χ0) is 13.2. The van der Waals surface area contributed by atoms with Crippen molar-refractivity contribution < 1.29 is 9.53 Å². The highest BCUT2D eigenvalue weighted by atomic mass is 16.5. The molecule has 1 saturated carbocycles. The summed E-state index contributed by atoms with van der Waals surface area (Å²) in [6.45, 7) is 8.31. The number of piperazine rings is 1. The number of hydrogen-bond acceptors (Lipinski definition) is 4. The number of nitrogens with one attached hydrogen (secondary N) is 1. The van der Waals surface area contributed by atoms with E-state index in [0.29, 0.717) is 11.8 Å². The van der Waals surface area contributed by atoms with Crippen molar-refractivity contribution in [2.24, 2.45) is 11.8 Å². The third kappa shape index (κ3) is 2.28. The maximum atomic E-state index is 12.5. The lowest BCUT2D eigenvalue weighted by Crippen LogP contribution is -2.65. The molecule has 1 aliphatic carbocycles. The van der Waals surface area contributed by atoms with E-state index < -0.39 is 0 Å². The number of rotatable bonds is 2. The van der Waals surface area contributed by atoms with Crippen LogP contribution in [-0.2, 0) is 9.53 Å². The highest BCUT2D eigenvalue weighted by molar-refractivity contribution is 5.81. The Morgan fingerprint density at radius 1 is 1.28 bits per heavy atom. The Labute approximate surface area is 110 Å². The predicted octanol–water partition coefficient (Wildman–Crippen LogP) is 1.26. The minimum Gasteiger partial charge on any atom is -0.468 e. The molecule has 0 aromatic rings. The highest BCUT2D eigenvalue weighted by Gasteiger charge is 2.52. The van der Waals surface area contributed by atoms with Crippen LogP contribution in [0.5, 0.6) is 0 Å².